The molecule has 1 N–H and O–H groups in total. The molecule has 0 bridgehead atoms. The van der Waals surface area contributed by atoms with Gasteiger partial charge in [0.25, 0.3) is 0 Å². The Morgan fingerprint density at radius 3 is 2.48 bits per heavy atom. The van der Waals surface area contributed by atoms with Crippen molar-refractivity contribution in [3.8, 4) is 22.5 Å². The number of aryl methyl sites for hydroxylation is 1. The fourth-order valence-electron chi connectivity index (χ4n) is 3.54. The highest BCUT2D eigenvalue weighted by atomic mass is 32.1. The normalized spacial score (nSPS) is 11.0. The summed E-state index contributed by atoms with van der Waals surface area (Å²) in [7, 11) is 0. The third-order valence-electron chi connectivity index (χ3n) is 5.10. The zero-order chi connectivity index (χ0) is 20.9. The van der Waals surface area contributed by atoms with Gasteiger partial charge in [0.05, 0.1) is 10.2 Å². The van der Waals surface area contributed by atoms with Gasteiger partial charge in [0.1, 0.15) is 5.82 Å². The topological polar surface area (TPSA) is 63.6 Å². The molecule has 0 aliphatic carbocycles. The van der Waals surface area contributed by atoms with Crippen LogP contribution in [0.1, 0.15) is 12.0 Å². The second-order valence-electron chi connectivity index (χ2n) is 7.22. The first kappa shape index (κ1) is 19.3. The minimum absolute atomic E-state index is 0.698. The Kier molecular flexibility index (Phi) is 5.62. The first-order valence-electron chi connectivity index (χ1n) is 10.3. The van der Waals surface area contributed by atoms with Crippen LogP contribution in [0.4, 0.5) is 5.82 Å². The van der Waals surface area contributed by atoms with Crippen molar-refractivity contribution in [3.05, 3.63) is 90.3 Å². The van der Waals surface area contributed by atoms with Crippen LogP contribution >= 0.6 is 11.3 Å². The van der Waals surface area contributed by atoms with Gasteiger partial charge in [0.2, 0.25) is 0 Å². The Morgan fingerprint density at radius 1 is 0.806 bits per heavy atom. The van der Waals surface area contributed by atoms with Crippen molar-refractivity contribution in [3.63, 3.8) is 0 Å². The van der Waals surface area contributed by atoms with Crippen LogP contribution in [-0.2, 0) is 6.42 Å². The average Bonchev–Trinajstić information content (AvgIpc) is 3.28. The maximum atomic E-state index is 4.92. The second kappa shape index (κ2) is 9.02. The van der Waals surface area contributed by atoms with E-state index in [0.29, 0.717) is 5.82 Å². The molecular weight excluding hydrogens is 402 g/mol. The van der Waals surface area contributed by atoms with Crippen LogP contribution in [0.3, 0.4) is 0 Å². The molecule has 0 saturated carbocycles. The third-order valence-corrected chi connectivity index (χ3v) is 6.08. The summed E-state index contributed by atoms with van der Waals surface area (Å²) in [5.41, 5.74) is 5.39. The monoisotopic (exact) mass is 423 g/mol. The lowest BCUT2D eigenvalue weighted by atomic mass is 10.1. The van der Waals surface area contributed by atoms with Gasteiger partial charge in [-0.25, -0.2) is 9.97 Å². The molecule has 0 amide bonds. The van der Waals surface area contributed by atoms with Gasteiger partial charge in [-0.3, -0.25) is 9.97 Å². The quantitative estimate of drug-likeness (QED) is 0.332. The highest BCUT2D eigenvalue weighted by Gasteiger charge is 2.15. The van der Waals surface area contributed by atoms with Crippen molar-refractivity contribution < 1.29 is 0 Å². The summed E-state index contributed by atoms with van der Waals surface area (Å²) in [6.45, 7) is 0.844. The number of pyridine rings is 2. The van der Waals surface area contributed by atoms with E-state index < -0.39 is 0 Å². The molecule has 0 aliphatic heterocycles. The molecule has 4 heterocycles. The number of nitrogens with zero attached hydrogens (tertiary/aromatic N) is 4. The second-order valence-corrected chi connectivity index (χ2v) is 8.10. The van der Waals surface area contributed by atoms with Crippen LogP contribution in [0.2, 0.25) is 0 Å². The Labute approximate surface area is 184 Å². The van der Waals surface area contributed by atoms with E-state index in [1.165, 1.54) is 5.56 Å². The van der Waals surface area contributed by atoms with E-state index in [0.717, 1.165) is 52.1 Å². The number of rotatable bonds is 7. The molecule has 5 rings (SSSR count). The van der Waals surface area contributed by atoms with E-state index in [1.807, 2.05) is 24.4 Å². The first-order chi connectivity index (χ1) is 15.4. The number of hydrogen-bond donors (Lipinski definition) is 1. The molecule has 152 valence electrons. The number of fused-ring (bicyclic) bond motifs is 1. The van der Waals surface area contributed by atoms with E-state index in [9.17, 15) is 0 Å². The molecule has 6 heteroatoms. The standard InChI is InChI=1S/C25H21N5S/c1-2-6-18(7-3-1)8-4-13-28-25-23-22(21(17-31-23)20-9-5-12-27-16-20)29-24(30-25)19-10-14-26-15-11-19/h1-3,5-7,9-12,14-17H,4,8,13H2,(H,28,29,30). The summed E-state index contributed by atoms with van der Waals surface area (Å²) in [6, 6.07) is 18.5. The van der Waals surface area contributed by atoms with E-state index in [2.05, 4.69) is 57.1 Å². The number of hydrogen-bond acceptors (Lipinski definition) is 6. The molecule has 0 fully saturated rings. The minimum Gasteiger partial charge on any atom is -0.369 e. The number of nitrogens with one attached hydrogen (secondary N) is 1. The third kappa shape index (κ3) is 4.29. The maximum Gasteiger partial charge on any atom is 0.162 e. The zero-order valence-corrected chi connectivity index (χ0v) is 17.7. The molecule has 5 nitrogen and oxygen atoms in total. The molecule has 31 heavy (non-hydrogen) atoms. The van der Waals surface area contributed by atoms with E-state index >= 15 is 0 Å². The highest BCUT2D eigenvalue weighted by Crippen LogP contribution is 2.37. The molecule has 0 aliphatic rings. The molecule has 5 aromatic rings. The molecule has 0 spiro atoms. The van der Waals surface area contributed by atoms with Gasteiger partial charge >= 0.3 is 0 Å². The summed E-state index contributed by atoms with van der Waals surface area (Å²) in [5, 5.41) is 5.70. The van der Waals surface area contributed by atoms with Crippen LogP contribution in [0, 0.1) is 0 Å². The van der Waals surface area contributed by atoms with Crippen molar-refractivity contribution >= 4 is 27.4 Å². The minimum atomic E-state index is 0.698. The lowest BCUT2D eigenvalue weighted by Crippen LogP contribution is -2.06. The summed E-state index contributed by atoms with van der Waals surface area (Å²) in [4.78, 5) is 18.2. The van der Waals surface area contributed by atoms with Crippen molar-refractivity contribution in [2.45, 2.75) is 12.8 Å². The Balaban J connectivity index is 1.48. The number of anilines is 1. The van der Waals surface area contributed by atoms with Gasteiger partial charge in [-0.15, -0.1) is 11.3 Å². The smallest absolute Gasteiger partial charge is 0.162 e. The van der Waals surface area contributed by atoms with Gasteiger partial charge in [0.15, 0.2) is 5.82 Å². The van der Waals surface area contributed by atoms with Gasteiger partial charge in [-0.2, -0.15) is 0 Å². The average molecular weight is 424 g/mol. The summed E-state index contributed by atoms with van der Waals surface area (Å²) >= 11 is 1.67. The predicted molar refractivity (Wildman–Crippen MR) is 127 cm³/mol. The van der Waals surface area contributed by atoms with Gasteiger partial charge in [-0.1, -0.05) is 36.4 Å². The largest absolute Gasteiger partial charge is 0.369 e. The number of benzene rings is 1. The first-order valence-corrected chi connectivity index (χ1v) is 11.1. The van der Waals surface area contributed by atoms with E-state index in [4.69, 9.17) is 9.97 Å². The summed E-state index contributed by atoms with van der Waals surface area (Å²) in [5.74, 6) is 1.58. The molecular formula is C25H21N5S. The van der Waals surface area contributed by atoms with E-state index in [1.54, 1.807) is 29.9 Å². The SMILES string of the molecule is c1ccc(CCCNc2nc(-c3ccncc3)nc3c(-c4cccnc4)csc23)cc1. The molecule has 1 aromatic carbocycles. The maximum absolute atomic E-state index is 4.92. The van der Waals surface area contributed by atoms with Crippen molar-refractivity contribution in [2.75, 3.05) is 11.9 Å². The molecule has 0 saturated heterocycles. The van der Waals surface area contributed by atoms with E-state index in [-0.39, 0.29) is 0 Å². The lowest BCUT2D eigenvalue weighted by Gasteiger charge is -2.10. The van der Waals surface area contributed by atoms with Crippen LogP contribution in [0.15, 0.2) is 84.8 Å². The Morgan fingerprint density at radius 2 is 1.68 bits per heavy atom. The van der Waals surface area contributed by atoms with Gasteiger partial charge in [0, 0.05) is 53.4 Å². The summed E-state index contributed by atoms with van der Waals surface area (Å²) < 4.78 is 1.07. The van der Waals surface area contributed by atoms with Crippen LogP contribution in [0.25, 0.3) is 32.7 Å². The van der Waals surface area contributed by atoms with Gasteiger partial charge < -0.3 is 5.32 Å². The Bertz CT molecular complexity index is 1270. The highest BCUT2D eigenvalue weighted by molar-refractivity contribution is 7.18. The van der Waals surface area contributed by atoms with Crippen molar-refractivity contribution in [2.24, 2.45) is 0 Å². The molecule has 0 unspecified atom stereocenters. The molecule has 4 aromatic heterocycles. The predicted octanol–water partition coefficient (Wildman–Crippen LogP) is 5.86. The Hall–Kier alpha value is -3.64. The fourth-order valence-corrected chi connectivity index (χ4v) is 4.52. The number of thiophene rings is 1. The summed E-state index contributed by atoms with van der Waals surface area (Å²) in [6.07, 6.45) is 9.26. The zero-order valence-electron chi connectivity index (χ0n) is 16.9. The van der Waals surface area contributed by atoms with Crippen LogP contribution in [-0.4, -0.2) is 26.5 Å². The fraction of sp³-hybridized carbons (Fsp3) is 0.120. The molecule has 0 atom stereocenters. The van der Waals surface area contributed by atoms with Crippen LogP contribution < -0.4 is 5.32 Å². The van der Waals surface area contributed by atoms with Crippen molar-refractivity contribution in [1.29, 1.82) is 0 Å². The van der Waals surface area contributed by atoms with Gasteiger partial charge in [-0.05, 0) is 36.6 Å². The van der Waals surface area contributed by atoms with Crippen molar-refractivity contribution in [1.82, 2.24) is 19.9 Å². The number of aromatic nitrogens is 4. The lowest BCUT2D eigenvalue weighted by molar-refractivity contribution is 0.860. The molecule has 0 radical (unpaired) electrons. The van der Waals surface area contributed by atoms with Crippen LogP contribution in [0.5, 0.6) is 0 Å².